The quantitative estimate of drug-likeness (QED) is 0.453. The van der Waals surface area contributed by atoms with Gasteiger partial charge in [-0.1, -0.05) is 18.2 Å². The van der Waals surface area contributed by atoms with Crippen molar-refractivity contribution in [1.29, 1.82) is 0 Å². The third-order valence-electron chi connectivity index (χ3n) is 4.44. The number of carbonyl (C=O) groups is 1. The highest BCUT2D eigenvalue weighted by atomic mass is 16.6. The topological polar surface area (TPSA) is 103 Å². The van der Waals surface area contributed by atoms with Crippen molar-refractivity contribution in [2.24, 2.45) is 0 Å². The highest BCUT2D eigenvalue weighted by Crippen LogP contribution is 2.26. The molecule has 0 aliphatic heterocycles. The first kappa shape index (κ1) is 21.0. The second kappa shape index (κ2) is 9.19. The van der Waals surface area contributed by atoms with Gasteiger partial charge in [0.1, 0.15) is 11.4 Å². The lowest BCUT2D eigenvalue weighted by molar-refractivity contribution is -0.384. The van der Waals surface area contributed by atoms with E-state index < -0.39 is 4.92 Å². The predicted octanol–water partition coefficient (Wildman–Crippen LogP) is 2.75. The van der Waals surface area contributed by atoms with E-state index in [0.29, 0.717) is 30.2 Å². The van der Waals surface area contributed by atoms with E-state index in [-0.39, 0.29) is 17.3 Å². The first-order valence-electron chi connectivity index (χ1n) is 9.31. The van der Waals surface area contributed by atoms with Crippen molar-refractivity contribution >= 4 is 11.6 Å². The van der Waals surface area contributed by atoms with Gasteiger partial charge < -0.3 is 15.0 Å². The van der Waals surface area contributed by atoms with E-state index >= 15 is 0 Å². The zero-order valence-electron chi connectivity index (χ0n) is 17.0. The molecule has 0 saturated heterocycles. The van der Waals surface area contributed by atoms with Gasteiger partial charge in [0, 0.05) is 30.8 Å². The number of hydrogen-bond acceptors (Lipinski definition) is 6. The molecule has 0 bridgehead atoms. The Balaban J connectivity index is 2.04. The average Bonchev–Trinajstić information content (AvgIpc) is 3.19. The monoisotopic (exact) mass is 409 g/mol. The minimum absolute atomic E-state index is 0.0788. The second-order valence-corrected chi connectivity index (χ2v) is 6.89. The van der Waals surface area contributed by atoms with Crippen molar-refractivity contribution in [2.75, 3.05) is 34.3 Å². The number of methoxy groups -OCH3 is 1. The first-order valence-corrected chi connectivity index (χ1v) is 9.31. The third-order valence-corrected chi connectivity index (χ3v) is 4.44. The van der Waals surface area contributed by atoms with Crippen LogP contribution in [0.1, 0.15) is 10.5 Å². The normalized spacial score (nSPS) is 10.8. The van der Waals surface area contributed by atoms with E-state index in [0.717, 1.165) is 5.56 Å². The van der Waals surface area contributed by atoms with Gasteiger partial charge in [-0.3, -0.25) is 14.9 Å². The van der Waals surface area contributed by atoms with Crippen molar-refractivity contribution in [3.8, 4) is 22.7 Å². The van der Waals surface area contributed by atoms with Crippen molar-refractivity contribution in [1.82, 2.24) is 20.0 Å². The molecule has 3 rings (SSSR count). The Labute approximate surface area is 174 Å². The fourth-order valence-corrected chi connectivity index (χ4v) is 2.89. The fraction of sp³-hybridized carbons (Fsp3) is 0.238. The van der Waals surface area contributed by atoms with E-state index in [9.17, 15) is 14.9 Å². The summed E-state index contributed by atoms with van der Waals surface area (Å²) in [5.74, 6) is 0.347. The molecule has 0 spiro atoms. The number of carbonyl (C=O) groups excluding carboxylic acids is 1. The van der Waals surface area contributed by atoms with Crippen LogP contribution in [0.5, 0.6) is 5.75 Å². The molecule has 9 heteroatoms. The smallest absolute Gasteiger partial charge is 0.271 e. The first-order chi connectivity index (χ1) is 14.4. The van der Waals surface area contributed by atoms with E-state index in [1.807, 2.05) is 43.3 Å². The number of nitro groups is 1. The maximum Gasteiger partial charge on any atom is 0.271 e. The molecule has 0 saturated carbocycles. The summed E-state index contributed by atoms with van der Waals surface area (Å²) >= 11 is 0. The Kier molecular flexibility index (Phi) is 6.43. The summed E-state index contributed by atoms with van der Waals surface area (Å²) in [4.78, 5) is 25.5. The molecule has 1 aromatic heterocycles. The average molecular weight is 409 g/mol. The highest BCUT2D eigenvalue weighted by Gasteiger charge is 2.19. The summed E-state index contributed by atoms with van der Waals surface area (Å²) in [6.45, 7) is 1.14. The number of benzene rings is 2. The molecular weight excluding hydrogens is 386 g/mol. The maximum atomic E-state index is 12.9. The lowest BCUT2D eigenvalue weighted by atomic mass is 10.1. The van der Waals surface area contributed by atoms with Gasteiger partial charge in [0.05, 0.1) is 23.4 Å². The minimum Gasteiger partial charge on any atom is -0.497 e. The molecule has 1 N–H and O–H groups in total. The third kappa shape index (κ3) is 4.81. The fourth-order valence-electron chi connectivity index (χ4n) is 2.89. The zero-order chi connectivity index (χ0) is 21.7. The second-order valence-electron chi connectivity index (χ2n) is 6.89. The van der Waals surface area contributed by atoms with Crippen molar-refractivity contribution in [3.05, 3.63) is 70.4 Å². The number of non-ortho nitro benzene ring substituents is 1. The molecule has 0 fully saturated rings. The lowest BCUT2D eigenvalue weighted by Crippen LogP contribution is -2.32. The Morgan fingerprint density at radius 2 is 1.97 bits per heavy atom. The molecule has 1 heterocycles. The Morgan fingerprint density at radius 1 is 1.20 bits per heavy atom. The van der Waals surface area contributed by atoms with E-state index in [4.69, 9.17) is 4.74 Å². The maximum absolute atomic E-state index is 12.9. The van der Waals surface area contributed by atoms with Crippen LogP contribution >= 0.6 is 0 Å². The minimum atomic E-state index is -0.479. The van der Waals surface area contributed by atoms with Crippen LogP contribution in [0.25, 0.3) is 16.9 Å². The SMILES string of the molecule is COc1cccc(-c2cc(C(=O)NCCN(C)C)n(-c3cccc([N+](=O)[O-])c3)n2)c1. The van der Waals surface area contributed by atoms with Crippen LogP contribution in [0.4, 0.5) is 5.69 Å². The molecule has 0 aliphatic rings. The van der Waals surface area contributed by atoms with Gasteiger partial charge in [0.2, 0.25) is 0 Å². The molecule has 2 aromatic carbocycles. The van der Waals surface area contributed by atoms with Crippen LogP contribution < -0.4 is 10.1 Å². The molecule has 0 atom stereocenters. The van der Waals surface area contributed by atoms with Gasteiger partial charge in [-0.2, -0.15) is 5.10 Å². The Morgan fingerprint density at radius 3 is 2.67 bits per heavy atom. The molecular formula is C21H23N5O4. The summed E-state index contributed by atoms with van der Waals surface area (Å²) in [5.41, 5.74) is 1.95. The number of nitrogens with zero attached hydrogens (tertiary/aromatic N) is 4. The van der Waals surface area contributed by atoms with Gasteiger partial charge in [-0.25, -0.2) is 4.68 Å². The number of nitrogens with one attached hydrogen (secondary N) is 1. The van der Waals surface area contributed by atoms with Crippen LogP contribution in [0.15, 0.2) is 54.6 Å². The largest absolute Gasteiger partial charge is 0.497 e. The molecule has 1 amide bonds. The Bertz CT molecular complexity index is 1060. The molecule has 0 unspecified atom stereocenters. The van der Waals surface area contributed by atoms with Crippen LogP contribution in [-0.2, 0) is 0 Å². The highest BCUT2D eigenvalue weighted by molar-refractivity contribution is 5.94. The predicted molar refractivity (Wildman–Crippen MR) is 113 cm³/mol. The number of nitro benzene ring substituents is 1. The van der Waals surface area contributed by atoms with Crippen LogP contribution in [-0.4, -0.2) is 59.8 Å². The van der Waals surface area contributed by atoms with Gasteiger partial charge in [0.15, 0.2) is 0 Å². The van der Waals surface area contributed by atoms with Crippen molar-refractivity contribution < 1.29 is 14.5 Å². The molecule has 3 aromatic rings. The zero-order valence-corrected chi connectivity index (χ0v) is 17.0. The van der Waals surface area contributed by atoms with Crippen LogP contribution in [0.3, 0.4) is 0 Å². The van der Waals surface area contributed by atoms with E-state index in [1.54, 1.807) is 25.3 Å². The van der Waals surface area contributed by atoms with Gasteiger partial charge in [0.25, 0.3) is 11.6 Å². The van der Waals surface area contributed by atoms with Crippen molar-refractivity contribution in [2.45, 2.75) is 0 Å². The van der Waals surface area contributed by atoms with E-state index in [2.05, 4.69) is 10.4 Å². The molecule has 156 valence electrons. The number of amides is 1. The number of aromatic nitrogens is 2. The van der Waals surface area contributed by atoms with E-state index in [1.165, 1.54) is 16.8 Å². The number of likely N-dealkylation sites (N-methyl/N-ethyl adjacent to an activating group) is 1. The molecule has 0 radical (unpaired) electrons. The summed E-state index contributed by atoms with van der Waals surface area (Å²) < 4.78 is 6.69. The number of ether oxygens (including phenoxy) is 1. The van der Waals surface area contributed by atoms with Crippen LogP contribution in [0.2, 0.25) is 0 Å². The number of rotatable bonds is 8. The van der Waals surface area contributed by atoms with Gasteiger partial charge >= 0.3 is 0 Å². The number of hydrogen-bond donors (Lipinski definition) is 1. The molecule has 9 nitrogen and oxygen atoms in total. The molecule has 0 aliphatic carbocycles. The lowest BCUT2D eigenvalue weighted by Gasteiger charge is -2.11. The van der Waals surface area contributed by atoms with Crippen molar-refractivity contribution in [3.63, 3.8) is 0 Å². The van der Waals surface area contributed by atoms with Gasteiger partial charge in [-0.05, 0) is 38.4 Å². The summed E-state index contributed by atoms with van der Waals surface area (Å²) in [6, 6.07) is 15.0. The summed E-state index contributed by atoms with van der Waals surface area (Å²) in [7, 11) is 5.41. The molecule has 30 heavy (non-hydrogen) atoms. The van der Waals surface area contributed by atoms with Crippen LogP contribution in [0, 0.1) is 10.1 Å². The summed E-state index contributed by atoms with van der Waals surface area (Å²) in [5, 5.41) is 18.6. The van der Waals surface area contributed by atoms with Gasteiger partial charge in [-0.15, -0.1) is 0 Å². The Hall–Kier alpha value is -3.72. The summed E-state index contributed by atoms with van der Waals surface area (Å²) in [6.07, 6.45) is 0. The standard InChI is InChI=1S/C21H23N5O4/c1-24(2)11-10-22-21(27)20-14-19(15-6-4-9-18(12-15)30-3)23-25(20)16-7-5-8-17(13-16)26(28)29/h4-9,12-14H,10-11H2,1-3H3,(H,22,27).